The normalized spacial score (nSPS) is 12.3. The average molecular weight is 315 g/mol. The van der Waals surface area contributed by atoms with Crippen LogP contribution in [0.2, 0.25) is 0 Å². The molecule has 0 fully saturated rings. The smallest absolute Gasteiger partial charge is 0.287 e. The number of anilines is 1. The molecule has 21 heavy (non-hydrogen) atoms. The van der Waals surface area contributed by atoms with Gasteiger partial charge in [0, 0.05) is 5.56 Å². The van der Waals surface area contributed by atoms with Crippen LogP contribution in [-0.2, 0) is 15.8 Å². The van der Waals surface area contributed by atoms with Gasteiger partial charge >= 0.3 is 0 Å². The van der Waals surface area contributed by atoms with Gasteiger partial charge in [-0.1, -0.05) is 30.3 Å². The molecule has 0 saturated carbocycles. The molecule has 0 atom stereocenters. The molecular weight excluding hydrogens is 303 g/mol. The molecule has 112 valence electrons. The molecule has 0 spiro atoms. The Bertz CT molecular complexity index is 746. The number of halogens is 3. The van der Waals surface area contributed by atoms with Crippen LogP contribution < -0.4 is 5.73 Å². The Balaban J connectivity index is 2.35. The minimum absolute atomic E-state index is 0.247. The zero-order valence-electron chi connectivity index (χ0n) is 10.8. The van der Waals surface area contributed by atoms with Gasteiger partial charge in [0.2, 0.25) is 0 Å². The van der Waals surface area contributed by atoms with E-state index in [0.717, 1.165) is 24.3 Å². The average Bonchev–Trinajstić information content (AvgIpc) is 2.41. The van der Waals surface area contributed by atoms with E-state index in [9.17, 15) is 21.6 Å². The Morgan fingerprint density at radius 1 is 1.05 bits per heavy atom. The first kappa shape index (κ1) is 15.4. The lowest BCUT2D eigenvalue weighted by Crippen LogP contribution is -2.25. The summed E-state index contributed by atoms with van der Waals surface area (Å²) in [6.45, 7) is 0. The van der Waals surface area contributed by atoms with E-state index in [1.165, 1.54) is 12.1 Å². The number of rotatable bonds is 4. The van der Waals surface area contributed by atoms with Gasteiger partial charge in [0.15, 0.2) is 9.84 Å². The van der Waals surface area contributed by atoms with E-state index in [4.69, 9.17) is 5.73 Å². The van der Waals surface area contributed by atoms with Crippen LogP contribution in [0.3, 0.4) is 0 Å². The summed E-state index contributed by atoms with van der Waals surface area (Å²) < 4.78 is 65.3. The van der Waals surface area contributed by atoms with Crippen LogP contribution in [0.5, 0.6) is 0 Å². The van der Waals surface area contributed by atoms with Crippen LogP contribution in [0.15, 0.2) is 53.4 Å². The largest absolute Gasteiger partial charge is 0.396 e. The molecule has 0 bridgehead atoms. The quantitative estimate of drug-likeness (QED) is 0.882. The highest BCUT2D eigenvalue weighted by molar-refractivity contribution is 7.91. The van der Waals surface area contributed by atoms with E-state index >= 15 is 0 Å². The van der Waals surface area contributed by atoms with Crippen molar-refractivity contribution in [2.45, 2.75) is 10.8 Å². The van der Waals surface area contributed by atoms with Crippen LogP contribution >= 0.6 is 0 Å². The molecule has 0 amide bonds. The fourth-order valence-corrected chi connectivity index (χ4v) is 3.16. The molecule has 0 aliphatic rings. The van der Waals surface area contributed by atoms with Gasteiger partial charge in [-0.25, -0.2) is 21.6 Å². The van der Waals surface area contributed by atoms with Crippen molar-refractivity contribution in [1.82, 2.24) is 0 Å². The molecule has 0 aliphatic carbocycles. The van der Waals surface area contributed by atoms with E-state index in [2.05, 4.69) is 0 Å². The maximum absolute atomic E-state index is 14.0. The van der Waals surface area contributed by atoms with Crippen molar-refractivity contribution in [3.05, 3.63) is 59.9 Å². The Hall–Kier alpha value is -2.02. The molecule has 0 saturated heterocycles. The molecular formula is C14H12F3NO2S. The van der Waals surface area contributed by atoms with Crippen LogP contribution in [-0.4, -0.2) is 14.2 Å². The van der Waals surface area contributed by atoms with E-state index in [1.54, 1.807) is 6.07 Å². The minimum atomic E-state index is -4.35. The Morgan fingerprint density at radius 2 is 1.67 bits per heavy atom. The molecule has 0 aromatic heterocycles. The maximum atomic E-state index is 14.0. The Kier molecular flexibility index (Phi) is 3.95. The molecule has 2 aromatic carbocycles. The fourth-order valence-electron chi connectivity index (χ4n) is 1.79. The standard InChI is InChI=1S/C14H12F3NO2S/c15-12-8-11(6-7-13(12)18)21(19,20)9-14(16,17)10-4-2-1-3-5-10/h1-8H,9,18H2. The number of alkyl halides is 2. The number of nitrogens with two attached hydrogens (primary N) is 1. The summed E-state index contributed by atoms with van der Waals surface area (Å²) in [5.74, 6) is -5.97. The van der Waals surface area contributed by atoms with Crippen molar-refractivity contribution in [2.24, 2.45) is 0 Å². The van der Waals surface area contributed by atoms with Crippen LogP contribution in [0.4, 0.5) is 18.9 Å². The second-order valence-electron chi connectivity index (χ2n) is 4.51. The van der Waals surface area contributed by atoms with E-state index in [-0.39, 0.29) is 5.69 Å². The third-order valence-corrected chi connectivity index (χ3v) is 4.61. The van der Waals surface area contributed by atoms with Gasteiger partial charge in [-0.15, -0.1) is 0 Å². The summed E-state index contributed by atoms with van der Waals surface area (Å²) >= 11 is 0. The molecule has 0 aliphatic heterocycles. The predicted molar refractivity (Wildman–Crippen MR) is 73.2 cm³/mol. The highest BCUT2D eigenvalue weighted by Crippen LogP contribution is 2.32. The SMILES string of the molecule is Nc1ccc(S(=O)(=O)CC(F)(F)c2ccccc2)cc1F. The van der Waals surface area contributed by atoms with Gasteiger partial charge in [-0.2, -0.15) is 0 Å². The summed E-state index contributed by atoms with van der Waals surface area (Å²) in [7, 11) is -4.35. The molecule has 7 heteroatoms. The third-order valence-electron chi connectivity index (χ3n) is 2.90. The topological polar surface area (TPSA) is 60.2 Å². The zero-order valence-corrected chi connectivity index (χ0v) is 11.6. The maximum Gasteiger partial charge on any atom is 0.287 e. The lowest BCUT2D eigenvalue weighted by Gasteiger charge is -2.17. The van der Waals surface area contributed by atoms with Gasteiger partial charge in [0.1, 0.15) is 11.6 Å². The van der Waals surface area contributed by atoms with Crippen molar-refractivity contribution in [3.8, 4) is 0 Å². The van der Waals surface area contributed by atoms with Crippen molar-refractivity contribution in [3.63, 3.8) is 0 Å². The number of hydrogen-bond donors (Lipinski definition) is 1. The first-order valence-electron chi connectivity index (χ1n) is 5.93. The minimum Gasteiger partial charge on any atom is -0.396 e. The summed E-state index contributed by atoms with van der Waals surface area (Å²) in [5, 5.41) is 0. The molecule has 3 nitrogen and oxygen atoms in total. The molecule has 2 aromatic rings. The molecule has 0 unspecified atom stereocenters. The summed E-state index contributed by atoms with van der Waals surface area (Å²) in [6, 6.07) is 9.28. The molecule has 2 N–H and O–H groups in total. The van der Waals surface area contributed by atoms with Crippen LogP contribution in [0.1, 0.15) is 5.56 Å². The van der Waals surface area contributed by atoms with Crippen LogP contribution in [0, 0.1) is 5.82 Å². The number of nitrogen functional groups attached to an aromatic ring is 1. The first-order valence-corrected chi connectivity index (χ1v) is 7.59. The van der Waals surface area contributed by atoms with Crippen molar-refractivity contribution >= 4 is 15.5 Å². The second kappa shape index (κ2) is 5.40. The molecule has 0 radical (unpaired) electrons. The summed E-state index contributed by atoms with van der Waals surface area (Å²) in [6.07, 6.45) is 0. The number of sulfone groups is 1. The summed E-state index contributed by atoms with van der Waals surface area (Å²) in [5.41, 5.74) is 4.57. The van der Waals surface area contributed by atoms with Gasteiger partial charge in [0.05, 0.1) is 10.6 Å². The first-order chi connectivity index (χ1) is 9.72. The Labute approximate surface area is 120 Å². The van der Waals surface area contributed by atoms with Gasteiger partial charge in [-0.3, -0.25) is 0 Å². The van der Waals surface area contributed by atoms with Crippen molar-refractivity contribution < 1.29 is 21.6 Å². The lowest BCUT2D eigenvalue weighted by atomic mass is 10.1. The van der Waals surface area contributed by atoms with Gasteiger partial charge in [0.25, 0.3) is 5.92 Å². The number of hydrogen-bond acceptors (Lipinski definition) is 3. The zero-order chi connectivity index (χ0) is 15.7. The fraction of sp³-hybridized carbons (Fsp3) is 0.143. The van der Waals surface area contributed by atoms with E-state index in [1.807, 2.05) is 0 Å². The highest BCUT2D eigenvalue weighted by Gasteiger charge is 2.38. The molecule has 0 heterocycles. The van der Waals surface area contributed by atoms with E-state index < -0.39 is 37.8 Å². The van der Waals surface area contributed by atoms with Gasteiger partial charge in [-0.05, 0) is 18.2 Å². The van der Waals surface area contributed by atoms with Crippen molar-refractivity contribution in [2.75, 3.05) is 11.5 Å². The molecule has 2 rings (SSSR count). The summed E-state index contributed by atoms with van der Waals surface area (Å²) in [4.78, 5) is -0.523. The van der Waals surface area contributed by atoms with Crippen LogP contribution in [0.25, 0.3) is 0 Å². The van der Waals surface area contributed by atoms with Crippen molar-refractivity contribution in [1.29, 1.82) is 0 Å². The van der Waals surface area contributed by atoms with Gasteiger partial charge < -0.3 is 5.73 Å². The Morgan fingerprint density at radius 3 is 2.24 bits per heavy atom. The predicted octanol–water partition coefficient (Wildman–Crippen LogP) is 2.97. The number of benzene rings is 2. The highest BCUT2D eigenvalue weighted by atomic mass is 32.2. The van der Waals surface area contributed by atoms with E-state index in [0.29, 0.717) is 6.07 Å². The third kappa shape index (κ3) is 3.36. The second-order valence-corrected chi connectivity index (χ2v) is 6.50. The monoisotopic (exact) mass is 315 g/mol. The lowest BCUT2D eigenvalue weighted by molar-refractivity contribution is 0.0213.